The quantitative estimate of drug-likeness (QED) is 0.682. The predicted octanol–water partition coefficient (Wildman–Crippen LogP) is 4.32. The molecule has 1 N–H and O–H groups in total. The van der Waals surface area contributed by atoms with Gasteiger partial charge < -0.3 is 19.4 Å². The number of furan rings is 1. The molecule has 0 spiro atoms. The average molecular weight is 408 g/mol. The molecule has 0 radical (unpaired) electrons. The summed E-state index contributed by atoms with van der Waals surface area (Å²) in [5, 5.41) is 5.46. The molecule has 1 unspecified atom stereocenters. The summed E-state index contributed by atoms with van der Waals surface area (Å²) in [7, 11) is 1.69. The van der Waals surface area contributed by atoms with Crippen LogP contribution in [0, 0.1) is 0 Å². The van der Waals surface area contributed by atoms with E-state index in [1.165, 1.54) is 5.56 Å². The van der Waals surface area contributed by atoms with Gasteiger partial charge in [-0.15, -0.1) is 12.4 Å². The number of aromatic nitrogens is 1. The van der Waals surface area contributed by atoms with Gasteiger partial charge in [-0.1, -0.05) is 11.6 Å². The number of aryl methyl sites for hydroxylation is 1. The number of hydrogen-bond donors (Lipinski definition) is 1. The van der Waals surface area contributed by atoms with E-state index in [4.69, 9.17) is 20.8 Å². The molecule has 1 saturated heterocycles. The minimum atomic E-state index is 0. The second kappa shape index (κ2) is 8.83. The van der Waals surface area contributed by atoms with Gasteiger partial charge in [0.05, 0.1) is 13.4 Å². The number of piperazine rings is 1. The predicted molar refractivity (Wildman–Crippen MR) is 112 cm³/mol. The first kappa shape index (κ1) is 19.8. The molecule has 0 amide bonds. The molecule has 1 aromatic carbocycles. The number of nitrogens with zero attached hydrogens (tertiary/aromatic N) is 2. The Morgan fingerprint density at radius 2 is 2.26 bits per heavy atom. The number of rotatable bonds is 5. The van der Waals surface area contributed by atoms with Crippen molar-refractivity contribution >= 4 is 40.8 Å². The van der Waals surface area contributed by atoms with Crippen molar-refractivity contribution in [3.8, 4) is 5.75 Å². The molecule has 0 saturated carbocycles. The van der Waals surface area contributed by atoms with Crippen LogP contribution < -0.4 is 15.0 Å². The Morgan fingerprint density at radius 3 is 3.11 bits per heavy atom. The van der Waals surface area contributed by atoms with Crippen LogP contribution in [0.15, 0.2) is 47.2 Å². The Hall–Kier alpha value is -1.95. The van der Waals surface area contributed by atoms with E-state index in [2.05, 4.69) is 15.2 Å². The van der Waals surface area contributed by atoms with E-state index >= 15 is 0 Å². The van der Waals surface area contributed by atoms with Crippen molar-refractivity contribution in [3.05, 3.63) is 53.4 Å². The molecule has 5 nitrogen and oxygen atoms in total. The van der Waals surface area contributed by atoms with Crippen molar-refractivity contribution in [2.24, 2.45) is 0 Å². The summed E-state index contributed by atoms with van der Waals surface area (Å²) in [6, 6.07) is 10.0. The number of benzene rings is 1. The van der Waals surface area contributed by atoms with Gasteiger partial charge >= 0.3 is 0 Å². The maximum Gasteiger partial charge on any atom is 0.171 e. The van der Waals surface area contributed by atoms with Gasteiger partial charge in [0, 0.05) is 42.3 Å². The van der Waals surface area contributed by atoms with E-state index in [1.54, 1.807) is 7.11 Å². The molecule has 0 aliphatic carbocycles. The monoisotopic (exact) mass is 407 g/mol. The number of halogens is 2. The summed E-state index contributed by atoms with van der Waals surface area (Å²) >= 11 is 6.13. The lowest BCUT2D eigenvalue weighted by molar-refractivity contribution is 0.400. The summed E-state index contributed by atoms with van der Waals surface area (Å²) in [4.78, 5) is 6.81. The Morgan fingerprint density at radius 1 is 1.37 bits per heavy atom. The fourth-order valence-corrected chi connectivity index (χ4v) is 3.74. The van der Waals surface area contributed by atoms with Crippen molar-refractivity contribution in [1.29, 1.82) is 0 Å². The zero-order chi connectivity index (χ0) is 17.9. The number of ether oxygens (including phenoxy) is 1. The third kappa shape index (κ3) is 4.32. The van der Waals surface area contributed by atoms with Gasteiger partial charge in [-0.3, -0.25) is 0 Å². The van der Waals surface area contributed by atoms with Crippen molar-refractivity contribution in [3.63, 3.8) is 0 Å². The number of anilines is 1. The van der Waals surface area contributed by atoms with E-state index in [0.29, 0.717) is 6.04 Å². The Bertz CT molecular complexity index is 900. The number of hydrogen-bond acceptors (Lipinski definition) is 5. The van der Waals surface area contributed by atoms with Gasteiger partial charge in [0.25, 0.3) is 0 Å². The minimum absolute atomic E-state index is 0. The molecule has 4 rings (SSSR count). The standard InChI is InChI=1S/C20H22ClN3O2.ClH/c1-25-19-3-2-8-23-20(19)24-10-9-22-16(12-24)6-4-14-13-26-18-7-5-15(21)11-17(14)18;/h2-3,5,7-8,11,13,16,22H,4,6,9-10,12H2,1H3;1H. The zero-order valence-corrected chi connectivity index (χ0v) is 16.7. The van der Waals surface area contributed by atoms with E-state index in [0.717, 1.165) is 60.0 Å². The van der Waals surface area contributed by atoms with Crippen molar-refractivity contribution in [2.45, 2.75) is 18.9 Å². The maximum absolute atomic E-state index is 6.13. The molecule has 144 valence electrons. The van der Waals surface area contributed by atoms with Gasteiger partial charge in [-0.05, 0) is 48.7 Å². The van der Waals surface area contributed by atoms with E-state index in [-0.39, 0.29) is 12.4 Å². The molecule has 1 atom stereocenters. The molecule has 1 fully saturated rings. The Balaban J connectivity index is 0.00000210. The molecular formula is C20H23Cl2N3O2. The van der Waals surface area contributed by atoms with Crippen LogP contribution in [0.2, 0.25) is 5.02 Å². The first-order valence-electron chi connectivity index (χ1n) is 8.87. The molecular weight excluding hydrogens is 385 g/mol. The zero-order valence-electron chi connectivity index (χ0n) is 15.2. The van der Waals surface area contributed by atoms with Crippen molar-refractivity contribution in [2.75, 3.05) is 31.6 Å². The summed E-state index contributed by atoms with van der Waals surface area (Å²) in [5.41, 5.74) is 2.10. The van der Waals surface area contributed by atoms with Crippen LogP contribution in [0.1, 0.15) is 12.0 Å². The average Bonchev–Trinajstić information content (AvgIpc) is 3.08. The van der Waals surface area contributed by atoms with Gasteiger partial charge in [-0.25, -0.2) is 4.98 Å². The lowest BCUT2D eigenvalue weighted by atomic mass is 10.0. The first-order valence-corrected chi connectivity index (χ1v) is 9.25. The number of nitrogens with one attached hydrogen (secondary N) is 1. The highest BCUT2D eigenvalue weighted by Gasteiger charge is 2.22. The highest BCUT2D eigenvalue weighted by atomic mass is 35.5. The van der Waals surface area contributed by atoms with Crippen LogP contribution in [-0.4, -0.2) is 37.8 Å². The summed E-state index contributed by atoms with van der Waals surface area (Å²) in [5.74, 6) is 1.74. The second-order valence-corrected chi connectivity index (χ2v) is 7.00. The van der Waals surface area contributed by atoms with Crippen molar-refractivity contribution < 1.29 is 9.15 Å². The van der Waals surface area contributed by atoms with Gasteiger partial charge in [0.2, 0.25) is 0 Å². The van der Waals surface area contributed by atoms with E-state index in [9.17, 15) is 0 Å². The molecule has 3 heterocycles. The smallest absolute Gasteiger partial charge is 0.171 e. The van der Waals surface area contributed by atoms with Crippen LogP contribution in [0.5, 0.6) is 5.75 Å². The molecule has 2 aromatic heterocycles. The van der Waals surface area contributed by atoms with E-state index in [1.807, 2.05) is 42.8 Å². The van der Waals surface area contributed by atoms with Crippen molar-refractivity contribution in [1.82, 2.24) is 10.3 Å². The molecule has 27 heavy (non-hydrogen) atoms. The van der Waals surface area contributed by atoms with E-state index < -0.39 is 0 Å². The first-order chi connectivity index (χ1) is 12.7. The Kier molecular flexibility index (Phi) is 6.47. The SMILES string of the molecule is COc1cccnc1N1CCNC(CCc2coc3ccc(Cl)cc23)C1.Cl. The van der Waals surface area contributed by atoms with Gasteiger partial charge in [0.1, 0.15) is 5.58 Å². The van der Waals surface area contributed by atoms with Crippen LogP contribution in [-0.2, 0) is 6.42 Å². The molecule has 0 bridgehead atoms. The lowest BCUT2D eigenvalue weighted by Gasteiger charge is -2.35. The Labute approximate surface area is 170 Å². The van der Waals surface area contributed by atoms with Crippen LogP contribution in [0.25, 0.3) is 11.0 Å². The van der Waals surface area contributed by atoms with Crippen LogP contribution >= 0.6 is 24.0 Å². The van der Waals surface area contributed by atoms with Gasteiger partial charge in [-0.2, -0.15) is 0 Å². The third-order valence-corrected chi connectivity index (χ3v) is 5.14. The number of fused-ring (bicyclic) bond motifs is 1. The molecule has 7 heteroatoms. The van der Waals surface area contributed by atoms with Crippen LogP contribution in [0.3, 0.4) is 0 Å². The van der Waals surface area contributed by atoms with Crippen LogP contribution in [0.4, 0.5) is 5.82 Å². The highest BCUT2D eigenvalue weighted by molar-refractivity contribution is 6.31. The number of pyridine rings is 1. The minimum Gasteiger partial charge on any atom is -0.493 e. The fraction of sp³-hybridized carbons (Fsp3) is 0.350. The number of methoxy groups -OCH3 is 1. The van der Waals surface area contributed by atoms with Gasteiger partial charge in [0.15, 0.2) is 11.6 Å². The molecule has 3 aromatic rings. The molecule has 1 aliphatic rings. The second-order valence-electron chi connectivity index (χ2n) is 6.57. The summed E-state index contributed by atoms with van der Waals surface area (Å²) < 4.78 is 11.1. The molecule has 1 aliphatic heterocycles. The summed E-state index contributed by atoms with van der Waals surface area (Å²) in [6.45, 7) is 2.76. The third-order valence-electron chi connectivity index (χ3n) is 4.90. The topological polar surface area (TPSA) is 50.5 Å². The highest BCUT2D eigenvalue weighted by Crippen LogP contribution is 2.28. The summed E-state index contributed by atoms with van der Waals surface area (Å²) in [6.07, 6.45) is 5.63. The lowest BCUT2D eigenvalue weighted by Crippen LogP contribution is -2.51. The largest absolute Gasteiger partial charge is 0.493 e. The fourth-order valence-electron chi connectivity index (χ4n) is 3.57. The maximum atomic E-state index is 6.13. The normalized spacial score (nSPS) is 17.0.